The molecule has 6 nitrogen and oxygen atoms in total. The Kier molecular flexibility index (Phi) is 4.94. The Balaban J connectivity index is 1.34. The Morgan fingerprint density at radius 2 is 1.89 bits per heavy atom. The van der Waals surface area contributed by atoms with E-state index >= 15 is 0 Å². The SMILES string of the molecule is CC(CCn1c(=O)oc2ncccc21)N1CCN(c2ccc(F)cc2)CC1. The van der Waals surface area contributed by atoms with E-state index in [1.807, 2.05) is 24.3 Å². The summed E-state index contributed by atoms with van der Waals surface area (Å²) < 4.78 is 19.9. The molecule has 3 heterocycles. The molecule has 0 aliphatic carbocycles. The Morgan fingerprint density at radius 1 is 1.15 bits per heavy atom. The summed E-state index contributed by atoms with van der Waals surface area (Å²) in [6, 6.07) is 10.7. The maximum Gasteiger partial charge on any atom is 0.421 e. The molecule has 1 fully saturated rings. The molecule has 3 aromatic rings. The number of fused-ring (bicyclic) bond motifs is 1. The molecular formula is C20H23FN4O2. The van der Waals surface area contributed by atoms with Gasteiger partial charge < -0.3 is 9.32 Å². The molecule has 7 heteroatoms. The van der Waals surface area contributed by atoms with Crippen molar-refractivity contribution in [2.75, 3.05) is 31.1 Å². The van der Waals surface area contributed by atoms with E-state index in [4.69, 9.17) is 4.42 Å². The summed E-state index contributed by atoms with van der Waals surface area (Å²) in [5.41, 5.74) is 2.20. The standard InChI is InChI=1S/C20H23FN4O2/c1-15(8-10-25-18-3-2-9-22-19(18)27-20(25)26)23-11-13-24(14-12-23)17-6-4-16(21)5-7-17/h2-7,9,15H,8,10-14H2,1H3. The maximum atomic E-state index is 13.1. The lowest BCUT2D eigenvalue weighted by Crippen LogP contribution is -2.49. The third-order valence-corrected chi connectivity index (χ3v) is 5.35. The number of anilines is 1. The second-order valence-corrected chi connectivity index (χ2v) is 6.98. The van der Waals surface area contributed by atoms with Gasteiger partial charge in [-0.25, -0.2) is 14.2 Å². The molecule has 0 spiro atoms. The van der Waals surface area contributed by atoms with Gasteiger partial charge in [0, 0.05) is 50.6 Å². The molecule has 0 bridgehead atoms. The number of oxazole rings is 1. The topological polar surface area (TPSA) is 54.5 Å². The zero-order valence-electron chi connectivity index (χ0n) is 15.3. The van der Waals surface area contributed by atoms with E-state index in [0.717, 1.165) is 43.8 Å². The molecule has 1 saturated heterocycles. The average Bonchev–Trinajstić information content (AvgIpc) is 3.02. The van der Waals surface area contributed by atoms with Gasteiger partial charge in [0.1, 0.15) is 11.3 Å². The zero-order chi connectivity index (χ0) is 18.8. The fourth-order valence-corrected chi connectivity index (χ4v) is 3.69. The Bertz CT molecular complexity index is 958. The highest BCUT2D eigenvalue weighted by Crippen LogP contribution is 2.19. The van der Waals surface area contributed by atoms with Crippen molar-refractivity contribution in [1.29, 1.82) is 0 Å². The summed E-state index contributed by atoms with van der Waals surface area (Å²) in [5.74, 6) is -0.555. The third kappa shape index (κ3) is 3.73. The summed E-state index contributed by atoms with van der Waals surface area (Å²) in [6.07, 6.45) is 2.48. The van der Waals surface area contributed by atoms with Crippen LogP contribution in [0.1, 0.15) is 13.3 Å². The lowest BCUT2D eigenvalue weighted by molar-refractivity contribution is 0.183. The minimum Gasteiger partial charge on any atom is -0.389 e. The lowest BCUT2D eigenvalue weighted by Gasteiger charge is -2.39. The van der Waals surface area contributed by atoms with Crippen molar-refractivity contribution in [3.05, 3.63) is 59.0 Å². The van der Waals surface area contributed by atoms with Gasteiger partial charge in [0.25, 0.3) is 0 Å². The quantitative estimate of drug-likeness (QED) is 0.691. The van der Waals surface area contributed by atoms with Crippen molar-refractivity contribution < 1.29 is 8.81 Å². The molecular weight excluding hydrogens is 347 g/mol. The van der Waals surface area contributed by atoms with Crippen molar-refractivity contribution in [2.45, 2.75) is 25.9 Å². The first-order valence-corrected chi connectivity index (χ1v) is 9.31. The van der Waals surface area contributed by atoms with Crippen LogP contribution in [0.4, 0.5) is 10.1 Å². The van der Waals surface area contributed by atoms with E-state index in [0.29, 0.717) is 18.3 Å². The van der Waals surface area contributed by atoms with Crippen molar-refractivity contribution in [3.63, 3.8) is 0 Å². The van der Waals surface area contributed by atoms with Crippen LogP contribution in [0.25, 0.3) is 11.2 Å². The van der Waals surface area contributed by atoms with Crippen LogP contribution >= 0.6 is 0 Å². The summed E-state index contributed by atoms with van der Waals surface area (Å²) in [5, 5.41) is 0. The first-order chi connectivity index (χ1) is 13.1. The summed E-state index contributed by atoms with van der Waals surface area (Å²) in [6.45, 7) is 6.52. The van der Waals surface area contributed by atoms with Gasteiger partial charge in [0.15, 0.2) is 0 Å². The maximum absolute atomic E-state index is 13.1. The van der Waals surface area contributed by atoms with Gasteiger partial charge >= 0.3 is 5.76 Å². The minimum absolute atomic E-state index is 0.205. The number of hydrogen-bond donors (Lipinski definition) is 0. The Labute approximate surface area is 156 Å². The number of hydrogen-bond acceptors (Lipinski definition) is 5. The van der Waals surface area contributed by atoms with Crippen LogP contribution < -0.4 is 10.7 Å². The fraction of sp³-hybridized carbons (Fsp3) is 0.400. The smallest absolute Gasteiger partial charge is 0.389 e. The molecule has 1 aliphatic rings. The molecule has 0 amide bonds. The van der Waals surface area contributed by atoms with Crippen molar-refractivity contribution in [3.8, 4) is 0 Å². The molecule has 1 unspecified atom stereocenters. The van der Waals surface area contributed by atoms with E-state index < -0.39 is 0 Å². The summed E-state index contributed by atoms with van der Waals surface area (Å²) in [7, 11) is 0. The Morgan fingerprint density at radius 3 is 2.63 bits per heavy atom. The summed E-state index contributed by atoms with van der Waals surface area (Å²) >= 11 is 0. The van der Waals surface area contributed by atoms with Crippen LogP contribution in [-0.2, 0) is 6.54 Å². The first-order valence-electron chi connectivity index (χ1n) is 9.31. The number of halogens is 1. The second-order valence-electron chi connectivity index (χ2n) is 6.98. The molecule has 0 radical (unpaired) electrons. The highest BCUT2D eigenvalue weighted by molar-refractivity contribution is 5.67. The largest absolute Gasteiger partial charge is 0.421 e. The lowest BCUT2D eigenvalue weighted by atomic mass is 10.1. The molecule has 27 heavy (non-hydrogen) atoms. The van der Waals surface area contributed by atoms with Gasteiger partial charge in [-0.3, -0.25) is 9.47 Å². The van der Waals surface area contributed by atoms with Crippen LogP contribution in [0.3, 0.4) is 0 Å². The Hall–Kier alpha value is -2.67. The van der Waals surface area contributed by atoms with E-state index in [-0.39, 0.29) is 11.6 Å². The number of nitrogens with zero attached hydrogens (tertiary/aromatic N) is 4. The van der Waals surface area contributed by atoms with Gasteiger partial charge in [0.2, 0.25) is 5.71 Å². The van der Waals surface area contributed by atoms with Gasteiger partial charge in [-0.2, -0.15) is 0 Å². The molecule has 0 N–H and O–H groups in total. The predicted molar refractivity (Wildman–Crippen MR) is 103 cm³/mol. The molecule has 1 aliphatic heterocycles. The number of aryl methyl sites for hydroxylation is 1. The molecule has 142 valence electrons. The van der Waals surface area contributed by atoms with Crippen molar-refractivity contribution in [1.82, 2.24) is 14.5 Å². The fourth-order valence-electron chi connectivity index (χ4n) is 3.69. The third-order valence-electron chi connectivity index (χ3n) is 5.35. The van der Waals surface area contributed by atoms with Gasteiger partial charge in [-0.15, -0.1) is 0 Å². The van der Waals surface area contributed by atoms with Crippen LogP contribution in [0.5, 0.6) is 0 Å². The highest BCUT2D eigenvalue weighted by Gasteiger charge is 2.22. The van der Waals surface area contributed by atoms with Crippen LogP contribution in [0, 0.1) is 5.82 Å². The van der Waals surface area contributed by atoms with Gasteiger partial charge in [0.05, 0.1) is 0 Å². The van der Waals surface area contributed by atoms with Crippen molar-refractivity contribution in [2.24, 2.45) is 0 Å². The van der Waals surface area contributed by atoms with Crippen molar-refractivity contribution >= 4 is 16.9 Å². The highest BCUT2D eigenvalue weighted by atomic mass is 19.1. The van der Waals surface area contributed by atoms with E-state index in [2.05, 4.69) is 21.7 Å². The molecule has 1 atom stereocenters. The number of piperazine rings is 1. The van der Waals surface area contributed by atoms with Crippen LogP contribution in [0.15, 0.2) is 51.8 Å². The van der Waals surface area contributed by atoms with Gasteiger partial charge in [-0.05, 0) is 49.7 Å². The number of rotatable bonds is 5. The van der Waals surface area contributed by atoms with Gasteiger partial charge in [-0.1, -0.05) is 0 Å². The molecule has 2 aromatic heterocycles. The van der Waals surface area contributed by atoms with Crippen LogP contribution in [-0.4, -0.2) is 46.7 Å². The molecule has 1 aromatic carbocycles. The molecule has 0 saturated carbocycles. The average molecular weight is 370 g/mol. The van der Waals surface area contributed by atoms with E-state index in [9.17, 15) is 9.18 Å². The summed E-state index contributed by atoms with van der Waals surface area (Å²) in [4.78, 5) is 20.9. The second kappa shape index (κ2) is 7.52. The molecule has 4 rings (SSSR count). The predicted octanol–water partition coefficient (Wildman–Crippen LogP) is 2.73. The van der Waals surface area contributed by atoms with E-state index in [1.165, 1.54) is 12.1 Å². The zero-order valence-corrected chi connectivity index (χ0v) is 15.3. The van der Waals surface area contributed by atoms with E-state index in [1.54, 1.807) is 10.8 Å². The minimum atomic E-state index is -0.350. The van der Waals surface area contributed by atoms with Crippen LogP contribution in [0.2, 0.25) is 0 Å². The number of pyridine rings is 1. The first kappa shape index (κ1) is 17.7. The normalized spacial score (nSPS) is 16.7. The number of aromatic nitrogens is 2. The monoisotopic (exact) mass is 370 g/mol. The number of benzene rings is 1.